The number of benzene rings is 1. The van der Waals surface area contributed by atoms with Crippen LogP contribution >= 0.6 is 23.2 Å². The normalized spacial score (nSPS) is 28.8. The molecule has 0 saturated heterocycles. The van der Waals surface area contributed by atoms with Gasteiger partial charge in [0.05, 0.1) is 10.8 Å². The summed E-state index contributed by atoms with van der Waals surface area (Å²) in [6.07, 6.45) is 1.99. The van der Waals surface area contributed by atoms with Crippen LogP contribution in [0.4, 0.5) is 5.69 Å². The van der Waals surface area contributed by atoms with Crippen LogP contribution in [0.25, 0.3) is 0 Å². The van der Waals surface area contributed by atoms with Crippen LogP contribution in [-0.2, 0) is 12.8 Å². The Balaban J connectivity index is 2.11. The minimum Gasteiger partial charge on any atom is -0.368 e. The molecule has 0 spiro atoms. The molecule has 2 unspecified atom stereocenters. The van der Waals surface area contributed by atoms with E-state index >= 15 is 0 Å². The number of hydrogen-bond donors (Lipinski definition) is 0. The summed E-state index contributed by atoms with van der Waals surface area (Å²) in [6.45, 7) is 1.88. The van der Waals surface area contributed by atoms with Crippen molar-refractivity contribution < 1.29 is 0 Å². The Labute approximate surface area is 100.0 Å². The van der Waals surface area contributed by atoms with Crippen LogP contribution in [-0.4, -0.2) is 23.8 Å². The first-order valence-electron chi connectivity index (χ1n) is 5.38. The highest BCUT2D eigenvalue weighted by atomic mass is 35.5. The number of alkyl halides is 2. The molecular weight excluding hydrogens is 229 g/mol. The molecule has 0 aromatic heterocycles. The number of anilines is 1. The molecule has 2 heterocycles. The summed E-state index contributed by atoms with van der Waals surface area (Å²) in [5.41, 5.74) is 4.19. The molecule has 2 atom stereocenters. The summed E-state index contributed by atoms with van der Waals surface area (Å²) in [6, 6.07) is 6.50. The van der Waals surface area contributed by atoms with Gasteiger partial charge in [-0.25, -0.2) is 0 Å². The van der Waals surface area contributed by atoms with Gasteiger partial charge in [0.2, 0.25) is 0 Å². The molecule has 0 radical (unpaired) electrons. The van der Waals surface area contributed by atoms with Crippen LogP contribution in [0, 0.1) is 0 Å². The first kappa shape index (κ1) is 9.80. The molecule has 1 aromatic carbocycles. The van der Waals surface area contributed by atoms with Crippen molar-refractivity contribution in [3.63, 3.8) is 0 Å². The second-order valence-corrected chi connectivity index (χ2v) is 5.67. The van der Waals surface area contributed by atoms with E-state index in [1.165, 1.54) is 16.8 Å². The molecule has 2 aliphatic heterocycles. The van der Waals surface area contributed by atoms with E-state index in [1.54, 1.807) is 0 Å². The monoisotopic (exact) mass is 241 g/mol. The van der Waals surface area contributed by atoms with Crippen molar-refractivity contribution in [2.24, 2.45) is 0 Å². The van der Waals surface area contributed by atoms with Gasteiger partial charge < -0.3 is 4.90 Å². The van der Waals surface area contributed by atoms with Crippen LogP contribution in [0.2, 0.25) is 0 Å². The largest absolute Gasteiger partial charge is 0.368 e. The van der Waals surface area contributed by atoms with Crippen LogP contribution in [0.1, 0.15) is 11.1 Å². The third-order valence-electron chi connectivity index (χ3n) is 3.24. The van der Waals surface area contributed by atoms with Crippen molar-refractivity contribution in [3.05, 3.63) is 29.3 Å². The Hall–Kier alpha value is -0.400. The summed E-state index contributed by atoms with van der Waals surface area (Å²) in [5, 5.41) is 0.462. The summed E-state index contributed by atoms with van der Waals surface area (Å²) >= 11 is 12.5. The maximum atomic E-state index is 6.26. The van der Waals surface area contributed by atoms with Crippen molar-refractivity contribution in [3.8, 4) is 0 Å². The van der Waals surface area contributed by atoms with Gasteiger partial charge >= 0.3 is 0 Å². The van der Waals surface area contributed by atoms with Crippen LogP contribution in [0.15, 0.2) is 18.2 Å². The predicted octanol–water partition coefficient (Wildman–Crippen LogP) is 2.82. The fraction of sp³-hybridized carbons (Fsp3) is 0.500. The Morgan fingerprint density at radius 2 is 1.53 bits per heavy atom. The summed E-state index contributed by atoms with van der Waals surface area (Å²) < 4.78 is 0. The molecule has 0 amide bonds. The molecule has 1 nitrogen and oxygen atoms in total. The number of halogens is 2. The Bertz CT molecular complexity index is 359. The van der Waals surface area contributed by atoms with Crippen molar-refractivity contribution in [2.75, 3.05) is 18.0 Å². The molecule has 0 fully saturated rings. The number of para-hydroxylation sites is 1. The van der Waals surface area contributed by atoms with Gasteiger partial charge in [0.1, 0.15) is 0 Å². The van der Waals surface area contributed by atoms with E-state index in [0.29, 0.717) is 0 Å². The lowest BCUT2D eigenvalue weighted by Gasteiger charge is -2.40. The quantitative estimate of drug-likeness (QED) is 0.632. The van der Waals surface area contributed by atoms with Crippen molar-refractivity contribution >= 4 is 28.9 Å². The molecule has 3 rings (SSSR count). The number of rotatable bonds is 0. The van der Waals surface area contributed by atoms with Crippen molar-refractivity contribution in [2.45, 2.75) is 23.6 Å². The highest BCUT2D eigenvalue weighted by molar-refractivity contribution is 6.22. The highest BCUT2D eigenvalue weighted by Crippen LogP contribution is 2.37. The molecule has 3 heteroatoms. The zero-order chi connectivity index (χ0) is 10.4. The fourth-order valence-electron chi connectivity index (χ4n) is 2.72. The van der Waals surface area contributed by atoms with Gasteiger partial charge in [0.15, 0.2) is 0 Å². The Morgan fingerprint density at radius 3 is 2.07 bits per heavy atom. The van der Waals surface area contributed by atoms with Crippen LogP contribution in [0.5, 0.6) is 0 Å². The standard InChI is InChI=1S/C12H13Cl2N/c13-10-4-8-2-1-3-9-5-11(14)7-15(6-10)12(8)9/h1-3,10-11H,4-7H2. The first-order chi connectivity index (χ1) is 7.24. The zero-order valence-corrected chi connectivity index (χ0v) is 9.93. The van der Waals surface area contributed by atoms with Crippen LogP contribution < -0.4 is 4.90 Å². The minimum absolute atomic E-state index is 0.231. The van der Waals surface area contributed by atoms with Crippen molar-refractivity contribution in [1.82, 2.24) is 0 Å². The maximum absolute atomic E-state index is 6.26. The van der Waals surface area contributed by atoms with Gasteiger partial charge in [-0.3, -0.25) is 0 Å². The van der Waals surface area contributed by atoms with Gasteiger partial charge in [-0.2, -0.15) is 0 Å². The SMILES string of the molecule is ClC1Cc2cccc3c2N(C1)CC(Cl)C3. The molecule has 1 aromatic rings. The molecule has 80 valence electrons. The van der Waals surface area contributed by atoms with E-state index in [4.69, 9.17) is 23.2 Å². The summed E-state index contributed by atoms with van der Waals surface area (Å²) in [7, 11) is 0. The van der Waals surface area contributed by atoms with Gasteiger partial charge in [0, 0.05) is 18.8 Å². The average Bonchev–Trinajstić information content (AvgIpc) is 2.16. The van der Waals surface area contributed by atoms with E-state index in [9.17, 15) is 0 Å². The molecule has 2 aliphatic rings. The van der Waals surface area contributed by atoms with E-state index in [-0.39, 0.29) is 10.8 Å². The zero-order valence-electron chi connectivity index (χ0n) is 8.42. The Kier molecular flexibility index (Phi) is 2.33. The summed E-state index contributed by atoms with van der Waals surface area (Å²) in [5.74, 6) is 0. The minimum atomic E-state index is 0.231. The molecular formula is C12H13Cl2N. The number of nitrogens with zero attached hydrogens (tertiary/aromatic N) is 1. The smallest absolute Gasteiger partial charge is 0.0552 e. The second kappa shape index (κ2) is 3.57. The molecule has 0 aliphatic carbocycles. The summed E-state index contributed by atoms with van der Waals surface area (Å²) in [4.78, 5) is 2.35. The third kappa shape index (κ3) is 1.62. The van der Waals surface area contributed by atoms with E-state index < -0.39 is 0 Å². The number of hydrogen-bond acceptors (Lipinski definition) is 1. The highest BCUT2D eigenvalue weighted by Gasteiger charge is 2.30. The predicted molar refractivity (Wildman–Crippen MR) is 65.3 cm³/mol. The van der Waals surface area contributed by atoms with Crippen LogP contribution in [0.3, 0.4) is 0 Å². The fourth-order valence-corrected chi connectivity index (χ4v) is 3.39. The van der Waals surface area contributed by atoms with E-state index in [1.807, 2.05) is 0 Å². The van der Waals surface area contributed by atoms with Gasteiger partial charge in [0.25, 0.3) is 0 Å². The second-order valence-electron chi connectivity index (χ2n) is 4.43. The molecule has 15 heavy (non-hydrogen) atoms. The Morgan fingerprint density at radius 1 is 1.00 bits per heavy atom. The lowest BCUT2D eigenvalue weighted by molar-refractivity contribution is 0.643. The average molecular weight is 242 g/mol. The van der Waals surface area contributed by atoms with Gasteiger partial charge in [-0.1, -0.05) is 18.2 Å². The first-order valence-corrected chi connectivity index (χ1v) is 6.25. The van der Waals surface area contributed by atoms with Crippen molar-refractivity contribution in [1.29, 1.82) is 0 Å². The lowest BCUT2D eigenvalue weighted by atomic mass is 9.92. The van der Waals surface area contributed by atoms with E-state index in [0.717, 1.165) is 25.9 Å². The third-order valence-corrected chi connectivity index (χ3v) is 3.82. The van der Waals surface area contributed by atoms with Gasteiger partial charge in [-0.15, -0.1) is 23.2 Å². The molecule has 0 saturated carbocycles. The van der Waals surface area contributed by atoms with E-state index in [2.05, 4.69) is 23.1 Å². The maximum Gasteiger partial charge on any atom is 0.0552 e. The van der Waals surface area contributed by atoms with Gasteiger partial charge in [-0.05, 0) is 24.0 Å². The molecule has 0 N–H and O–H groups in total. The molecule has 0 bridgehead atoms. The lowest BCUT2D eigenvalue weighted by Crippen LogP contribution is -2.43. The topological polar surface area (TPSA) is 3.24 Å².